The number of benzene rings is 2. The largest absolute Gasteiger partial charge is 0.445 e. The molecular formula is C18H18F3N3O2. The summed E-state index contributed by atoms with van der Waals surface area (Å²) in [5, 5.41) is 2.52. The molecule has 0 saturated heterocycles. The van der Waals surface area contributed by atoms with Crippen LogP contribution in [0.2, 0.25) is 0 Å². The molecule has 5 nitrogen and oxygen atoms in total. The first-order valence-corrected chi connectivity index (χ1v) is 7.69. The Morgan fingerprint density at radius 2 is 1.88 bits per heavy atom. The number of ether oxygens (including phenoxy) is 1. The number of rotatable bonds is 6. The van der Waals surface area contributed by atoms with Crippen molar-refractivity contribution in [2.24, 2.45) is 5.84 Å². The zero-order valence-corrected chi connectivity index (χ0v) is 13.7. The summed E-state index contributed by atoms with van der Waals surface area (Å²) in [4.78, 5) is 11.6. The molecule has 2 aromatic carbocycles. The quantitative estimate of drug-likeness (QED) is 0.536. The van der Waals surface area contributed by atoms with Crippen molar-refractivity contribution >= 4 is 17.9 Å². The molecule has 2 aromatic rings. The third kappa shape index (κ3) is 5.82. The molecule has 2 rings (SSSR count). The number of hydrazine groups is 1. The monoisotopic (exact) mass is 365 g/mol. The van der Waals surface area contributed by atoms with Crippen LogP contribution in [0.1, 0.15) is 16.7 Å². The maximum absolute atomic E-state index is 12.7. The van der Waals surface area contributed by atoms with Gasteiger partial charge in [-0.15, -0.1) is 0 Å². The molecule has 0 heterocycles. The maximum atomic E-state index is 12.7. The van der Waals surface area contributed by atoms with Crippen molar-refractivity contribution in [1.29, 1.82) is 0 Å². The first kappa shape index (κ1) is 19.3. The minimum absolute atomic E-state index is 0.128. The molecular weight excluding hydrogens is 347 g/mol. The van der Waals surface area contributed by atoms with E-state index in [-0.39, 0.29) is 18.8 Å². The molecule has 0 atom stereocenters. The van der Waals surface area contributed by atoms with Gasteiger partial charge in [0.2, 0.25) is 0 Å². The molecule has 0 unspecified atom stereocenters. The minimum atomic E-state index is -4.45. The van der Waals surface area contributed by atoms with Crippen LogP contribution in [0.3, 0.4) is 0 Å². The lowest BCUT2D eigenvalue weighted by molar-refractivity contribution is -0.137. The molecule has 26 heavy (non-hydrogen) atoms. The summed E-state index contributed by atoms with van der Waals surface area (Å²) in [7, 11) is 0. The summed E-state index contributed by atoms with van der Waals surface area (Å²) in [6.07, 6.45) is -1.92. The number of anilines is 1. The highest BCUT2D eigenvalue weighted by Crippen LogP contribution is 2.32. The van der Waals surface area contributed by atoms with Crippen molar-refractivity contribution in [2.75, 3.05) is 12.0 Å². The molecule has 0 bridgehead atoms. The van der Waals surface area contributed by atoms with Gasteiger partial charge in [0.1, 0.15) is 6.61 Å². The third-order valence-electron chi connectivity index (χ3n) is 3.41. The lowest BCUT2D eigenvalue weighted by Crippen LogP contribution is -2.24. The second-order valence-electron chi connectivity index (χ2n) is 5.29. The summed E-state index contributed by atoms with van der Waals surface area (Å²) in [6.45, 7) is 0.301. The van der Waals surface area contributed by atoms with Gasteiger partial charge in [-0.2, -0.15) is 13.2 Å². The molecule has 0 aromatic heterocycles. The van der Waals surface area contributed by atoms with Crippen molar-refractivity contribution in [3.8, 4) is 0 Å². The molecule has 8 heteroatoms. The number of nitrogen functional groups attached to an aromatic ring is 1. The van der Waals surface area contributed by atoms with E-state index >= 15 is 0 Å². The topological polar surface area (TPSA) is 76.4 Å². The van der Waals surface area contributed by atoms with Crippen LogP contribution in [0.15, 0.2) is 54.6 Å². The Morgan fingerprint density at radius 3 is 2.54 bits per heavy atom. The zero-order chi connectivity index (χ0) is 19.0. The fraction of sp³-hybridized carbons (Fsp3) is 0.167. The predicted molar refractivity (Wildman–Crippen MR) is 92.9 cm³/mol. The van der Waals surface area contributed by atoms with Crippen LogP contribution < -0.4 is 16.6 Å². The van der Waals surface area contributed by atoms with Gasteiger partial charge in [0, 0.05) is 6.54 Å². The molecule has 0 saturated carbocycles. The molecule has 0 aliphatic heterocycles. The van der Waals surface area contributed by atoms with Gasteiger partial charge in [0.05, 0.1) is 11.3 Å². The molecule has 1 amide bonds. The van der Waals surface area contributed by atoms with Crippen LogP contribution in [0.4, 0.5) is 23.7 Å². The summed E-state index contributed by atoms with van der Waals surface area (Å²) in [6, 6.07) is 12.4. The first-order valence-electron chi connectivity index (χ1n) is 7.69. The van der Waals surface area contributed by atoms with Gasteiger partial charge in [-0.25, -0.2) is 4.79 Å². The van der Waals surface area contributed by atoms with E-state index in [0.29, 0.717) is 5.56 Å². The molecule has 0 aliphatic carbocycles. The summed E-state index contributed by atoms with van der Waals surface area (Å²) in [5.74, 6) is 5.27. The van der Waals surface area contributed by atoms with Crippen molar-refractivity contribution in [1.82, 2.24) is 5.32 Å². The molecule has 0 aliphatic rings. The van der Waals surface area contributed by atoms with E-state index < -0.39 is 17.8 Å². The fourth-order valence-corrected chi connectivity index (χ4v) is 2.11. The standard InChI is InChI=1S/C18H18F3N3O2/c19-18(20,21)15-9-8-14(16(11-15)24-22)7-4-10-23-17(25)26-12-13-5-2-1-3-6-13/h1-9,11,24H,10,12,22H2,(H,23,25). The number of hydrogen-bond donors (Lipinski definition) is 3. The van der Waals surface area contributed by atoms with Crippen molar-refractivity contribution in [2.45, 2.75) is 12.8 Å². The Balaban J connectivity index is 1.85. The number of alkyl halides is 3. The van der Waals surface area contributed by atoms with E-state index in [4.69, 9.17) is 10.6 Å². The Morgan fingerprint density at radius 1 is 1.15 bits per heavy atom. The smallest absolute Gasteiger partial charge is 0.416 e. The highest BCUT2D eigenvalue weighted by molar-refractivity contribution is 5.69. The highest BCUT2D eigenvalue weighted by atomic mass is 19.4. The van der Waals surface area contributed by atoms with Crippen LogP contribution in [-0.2, 0) is 17.5 Å². The zero-order valence-electron chi connectivity index (χ0n) is 13.7. The van der Waals surface area contributed by atoms with E-state index in [9.17, 15) is 18.0 Å². The average molecular weight is 365 g/mol. The van der Waals surface area contributed by atoms with Crippen LogP contribution in [0, 0.1) is 0 Å². The van der Waals surface area contributed by atoms with Gasteiger partial charge in [-0.05, 0) is 23.3 Å². The third-order valence-corrected chi connectivity index (χ3v) is 3.41. The second kappa shape index (κ2) is 8.91. The van der Waals surface area contributed by atoms with Gasteiger partial charge in [0.15, 0.2) is 0 Å². The number of halogens is 3. The molecule has 0 spiro atoms. The van der Waals surface area contributed by atoms with E-state index in [0.717, 1.165) is 17.7 Å². The Bertz CT molecular complexity index is 762. The van der Waals surface area contributed by atoms with Crippen LogP contribution in [0.5, 0.6) is 0 Å². The van der Waals surface area contributed by atoms with Gasteiger partial charge < -0.3 is 15.5 Å². The first-order chi connectivity index (χ1) is 12.4. The molecule has 4 N–H and O–H groups in total. The SMILES string of the molecule is NNc1cc(C(F)(F)F)ccc1C=CCNC(=O)OCc1ccccc1. The lowest BCUT2D eigenvalue weighted by atomic mass is 10.1. The Hall–Kier alpha value is -3.00. The van der Waals surface area contributed by atoms with Crippen LogP contribution >= 0.6 is 0 Å². The van der Waals surface area contributed by atoms with Crippen LogP contribution in [0.25, 0.3) is 6.08 Å². The normalized spacial score (nSPS) is 11.4. The molecule has 138 valence electrons. The van der Waals surface area contributed by atoms with Crippen molar-refractivity contribution in [3.63, 3.8) is 0 Å². The van der Waals surface area contributed by atoms with Crippen LogP contribution in [-0.4, -0.2) is 12.6 Å². The Labute approximate surface area is 148 Å². The molecule has 0 radical (unpaired) electrons. The fourth-order valence-electron chi connectivity index (χ4n) is 2.11. The minimum Gasteiger partial charge on any atom is -0.445 e. The number of amides is 1. The second-order valence-corrected chi connectivity index (χ2v) is 5.29. The number of nitrogens with one attached hydrogen (secondary N) is 2. The van der Waals surface area contributed by atoms with Gasteiger partial charge >= 0.3 is 12.3 Å². The lowest BCUT2D eigenvalue weighted by Gasteiger charge is -2.11. The van der Waals surface area contributed by atoms with Crippen molar-refractivity contribution < 1.29 is 22.7 Å². The number of hydrogen-bond acceptors (Lipinski definition) is 4. The summed E-state index contributed by atoms with van der Waals surface area (Å²) >= 11 is 0. The summed E-state index contributed by atoms with van der Waals surface area (Å²) in [5.41, 5.74) is 2.88. The number of carbonyl (C=O) groups is 1. The number of alkyl carbamates (subject to hydrolysis) is 1. The van der Waals surface area contributed by atoms with Gasteiger partial charge in [-0.1, -0.05) is 48.6 Å². The average Bonchev–Trinajstić information content (AvgIpc) is 2.63. The van der Waals surface area contributed by atoms with E-state index in [1.165, 1.54) is 6.07 Å². The predicted octanol–water partition coefficient (Wildman–Crippen LogP) is 3.93. The number of carbonyl (C=O) groups excluding carboxylic acids is 1. The van der Waals surface area contributed by atoms with Gasteiger partial charge in [0.25, 0.3) is 0 Å². The van der Waals surface area contributed by atoms with E-state index in [2.05, 4.69) is 10.7 Å². The Kier molecular flexibility index (Phi) is 6.62. The van der Waals surface area contributed by atoms with Crippen molar-refractivity contribution in [3.05, 3.63) is 71.3 Å². The van der Waals surface area contributed by atoms with Gasteiger partial charge in [-0.3, -0.25) is 5.84 Å². The molecule has 0 fully saturated rings. The highest BCUT2D eigenvalue weighted by Gasteiger charge is 2.30. The van der Waals surface area contributed by atoms with E-state index in [1.54, 1.807) is 12.2 Å². The number of nitrogens with two attached hydrogens (primary N) is 1. The summed E-state index contributed by atoms with van der Waals surface area (Å²) < 4.78 is 43.1. The van der Waals surface area contributed by atoms with E-state index in [1.807, 2.05) is 30.3 Å². The maximum Gasteiger partial charge on any atom is 0.416 e.